The summed E-state index contributed by atoms with van der Waals surface area (Å²) in [6.45, 7) is 4.45. The Hall–Kier alpha value is -1.14. The van der Waals surface area contributed by atoms with E-state index in [0.29, 0.717) is 6.54 Å². The lowest BCUT2D eigenvalue weighted by Gasteiger charge is -2.40. The van der Waals surface area contributed by atoms with E-state index in [1.54, 1.807) is 0 Å². The van der Waals surface area contributed by atoms with Gasteiger partial charge in [0, 0.05) is 13.6 Å². The zero-order chi connectivity index (χ0) is 11.7. The highest BCUT2D eigenvalue weighted by molar-refractivity contribution is 5.99. The van der Waals surface area contributed by atoms with E-state index < -0.39 is 18.1 Å². The van der Waals surface area contributed by atoms with Gasteiger partial charge in [-0.25, -0.2) is 4.79 Å². The molecular formula is C9H18N4O2. The summed E-state index contributed by atoms with van der Waals surface area (Å²) in [5.41, 5.74) is 11.4. The van der Waals surface area contributed by atoms with Gasteiger partial charge in [-0.15, -0.1) is 0 Å². The summed E-state index contributed by atoms with van der Waals surface area (Å²) in [7, 11) is 1.42. The van der Waals surface area contributed by atoms with Gasteiger partial charge in [0.2, 0.25) is 0 Å². The Kier molecular flexibility index (Phi) is 3.31. The molecule has 0 spiro atoms. The summed E-state index contributed by atoms with van der Waals surface area (Å²) in [5, 5.41) is 0. The van der Waals surface area contributed by atoms with Crippen LogP contribution < -0.4 is 11.5 Å². The largest absolute Gasteiger partial charge is 0.327 e. The van der Waals surface area contributed by atoms with Crippen molar-refractivity contribution >= 4 is 11.9 Å². The van der Waals surface area contributed by atoms with E-state index in [0.717, 1.165) is 4.90 Å². The van der Waals surface area contributed by atoms with Crippen LogP contribution in [0.5, 0.6) is 0 Å². The Labute approximate surface area is 89.2 Å². The molecule has 2 atom stereocenters. The van der Waals surface area contributed by atoms with Crippen LogP contribution in [0, 0.1) is 5.92 Å². The Morgan fingerprint density at radius 1 is 1.33 bits per heavy atom. The van der Waals surface area contributed by atoms with E-state index in [1.165, 1.54) is 11.9 Å². The van der Waals surface area contributed by atoms with Crippen LogP contribution in [0.4, 0.5) is 4.79 Å². The monoisotopic (exact) mass is 214 g/mol. The van der Waals surface area contributed by atoms with Crippen LogP contribution in [0.25, 0.3) is 0 Å². The Morgan fingerprint density at radius 3 is 2.33 bits per heavy atom. The fraction of sp³-hybridized carbons (Fsp3) is 0.778. The number of rotatable bonds is 2. The maximum Gasteiger partial charge on any atom is 0.327 e. The third-order valence-corrected chi connectivity index (χ3v) is 2.44. The molecule has 1 rings (SSSR count). The second-order valence-corrected chi connectivity index (χ2v) is 4.24. The molecule has 0 aromatic carbocycles. The third kappa shape index (κ3) is 2.10. The first-order valence-electron chi connectivity index (χ1n) is 4.95. The minimum Gasteiger partial charge on any atom is -0.317 e. The summed E-state index contributed by atoms with van der Waals surface area (Å²) >= 11 is 0. The number of carbonyl (C=O) groups is 2. The van der Waals surface area contributed by atoms with Gasteiger partial charge in [-0.3, -0.25) is 9.69 Å². The number of urea groups is 1. The molecule has 15 heavy (non-hydrogen) atoms. The van der Waals surface area contributed by atoms with Gasteiger partial charge in [0.05, 0.1) is 0 Å². The zero-order valence-corrected chi connectivity index (χ0v) is 9.30. The summed E-state index contributed by atoms with van der Waals surface area (Å²) in [6.07, 6.45) is -0.719. The second-order valence-electron chi connectivity index (χ2n) is 4.24. The maximum atomic E-state index is 11.7. The lowest BCUT2D eigenvalue weighted by Crippen LogP contribution is -2.69. The van der Waals surface area contributed by atoms with Gasteiger partial charge < -0.3 is 16.4 Å². The molecule has 0 radical (unpaired) electrons. The molecule has 4 N–H and O–H groups in total. The molecule has 86 valence electrons. The summed E-state index contributed by atoms with van der Waals surface area (Å²) < 4.78 is 0. The normalized spacial score (nSPS) is 27.9. The highest BCUT2D eigenvalue weighted by Gasteiger charge is 2.40. The standard InChI is InChI=1S/C9H18N4O2/c1-5(2)4-13-7(11)6(10)8(14)12(3)9(13)15/h5-7H,4,10-11H2,1-3H3. The van der Waals surface area contributed by atoms with Crippen LogP contribution in [0.15, 0.2) is 0 Å². The fourth-order valence-corrected chi connectivity index (χ4v) is 1.57. The molecule has 1 saturated heterocycles. The molecule has 1 aliphatic rings. The van der Waals surface area contributed by atoms with E-state index in [4.69, 9.17) is 11.5 Å². The molecule has 1 aliphatic heterocycles. The number of hydrogen-bond donors (Lipinski definition) is 2. The van der Waals surface area contributed by atoms with Crippen molar-refractivity contribution < 1.29 is 9.59 Å². The van der Waals surface area contributed by atoms with Gasteiger partial charge in [0.25, 0.3) is 5.91 Å². The van der Waals surface area contributed by atoms with Gasteiger partial charge in [0.15, 0.2) is 0 Å². The van der Waals surface area contributed by atoms with Gasteiger partial charge in [-0.2, -0.15) is 0 Å². The molecule has 0 bridgehead atoms. The first kappa shape index (κ1) is 11.9. The molecule has 1 fully saturated rings. The quantitative estimate of drug-likeness (QED) is 0.626. The van der Waals surface area contributed by atoms with Gasteiger partial charge >= 0.3 is 6.03 Å². The molecule has 0 aromatic heterocycles. The first-order chi connectivity index (χ1) is 6.86. The molecule has 0 aromatic rings. The smallest absolute Gasteiger partial charge is 0.317 e. The van der Waals surface area contributed by atoms with E-state index in [-0.39, 0.29) is 11.9 Å². The van der Waals surface area contributed by atoms with Crippen LogP contribution in [0.1, 0.15) is 13.8 Å². The third-order valence-electron chi connectivity index (χ3n) is 2.44. The van der Waals surface area contributed by atoms with Crippen LogP contribution in [0.3, 0.4) is 0 Å². The molecular weight excluding hydrogens is 196 g/mol. The zero-order valence-electron chi connectivity index (χ0n) is 9.30. The Bertz CT molecular complexity index is 279. The van der Waals surface area contributed by atoms with E-state index >= 15 is 0 Å². The molecule has 6 heteroatoms. The second kappa shape index (κ2) is 4.16. The van der Waals surface area contributed by atoms with Gasteiger partial charge in [-0.1, -0.05) is 13.8 Å². The molecule has 6 nitrogen and oxygen atoms in total. The van der Waals surface area contributed by atoms with Crippen LogP contribution in [-0.4, -0.2) is 47.5 Å². The lowest BCUT2D eigenvalue weighted by atomic mass is 10.1. The average Bonchev–Trinajstić information content (AvgIpc) is 2.18. The number of hydrogen-bond acceptors (Lipinski definition) is 4. The lowest BCUT2D eigenvalue weighted by molar-refractivity contribution is -0.133. The minimum atomic E-state index is -0.827. The van der Waals surface area contributed by atoms with Crippen LogP contribution >= 0.6 is 0 Å². The molecule has 1 heterocycles. The number of likely N-dealkylation sites (N-methyl/N-ethyl adjacent to an activating group) is 1. The van der Waals surface area contributed by atoms with Gasteiger partial charge in [-0.05, 0) is 5.92 Å². The van der Waals surface area contributed by atoms with Crippen molar-refractivity contribution in [1.29, 1.82) is 0 Å². The van der Waals surface area contributed by atoms with Crippen molar-refractivity contribution in [3.63, 3.8) is 0 Å². The predicted molar refractivity (Wildman–Crippen MR) is 55.7 cm³/mol. The number of imide groups is 1. The predicted octanol–water partition coefficient (Wildman–Crippen LogP) is -0.851. The molecule has 3 amide bonds. The number of nitrogens with two attached hydrogens (primary N) is 2. The van der Waals surface area contributed by atoms with Crippen molar-refractivity contribution in [2.75, 3.05) is 13.6 Å². The minimum absolute atomic E-state index is 0.286. The highest BCUT2D eigenvalue weighted by atomic mass is 16.2. The Morgan fingerprint density at radius 2 is 1.87 bits per heavy atom. The summed E-state index contributed by atoms with van der Waals surface area (Å²) in [4.78, 5) is 25.6. The number of carbonyl (C=O) groups excluding carboxylic acids is 2. The van der Waals surface area contributed by atoms with Crippen LogP contribution in [-0.2, 0) is 4.79 Å². The molecule has 0 aliphatic carbocycles. The molecule has 2 unspecified atom stereocenters. The molecule has 0 saturated carbocycles. The van der Waals surface area contributed by atoms with Crippen molar-refractivity contribution in [3.8, 4) is 0 Å². The first-order valence-corrected chi connectivity index (χ1v) is 4.95. The summed E-state index contributed by atoms with van der Waals surface area (Å²) in [5.74, 6) is -0.138. The van der Waals surface area contributed by atoms with Crippen molar-refractivity contribution in [3.05, 3.63) is 0 Å². The van der Waals surface area contributed by atoms with Crippen molar-refractivity contribution in [1.82, 2.24) is 9.80 Å². The van der Waals surface area contributed by atoms with Crippen molar-refractivity contribution in [2.24, 2.45) is 17.4 Å². The van der Waals surface area contributed by atoms with Crippen molar-refractivity contribution in [2.45, 2.75) is 26.1 Å². The number of nitrogens with zero attached hydrogens (tertiary/aromatic N) is 2. The Balaban J connectivity index is 2.87. The van der Waals surface area contributed by atoms with E-state index in [2.05, 4.69) is 0 Å². The maximum absolute atomic E-state index is 11.7. The van der Waals surface area contributed by atoms with Crippen LogP contribution in [0.2, 0.25) is 0 Å². The SMILES string of the molecule is CC(C)CN1C(=O)N(C)C(=O)C(N)C1N. The number of amides is 3. The summed E-state index contributed by atoms with van der Waals surface area (Å²) in [6, 6.07) is -1.20. The average molecular weight is 214 g/mol. The van der Waals surface area contributed by atoms with E-state index in [9.17, 15) is 9.59 Å². The van der Waals surface area contributed by atoms with Gasteiger partial charge in [0.1, 0.15) is 12.2 Å². The highest BCUT2D eigenvalue weighted by Crippen LogP contribution is 2.13. The topological polar surface area (TPSA) is 92.7 Å². The fourth-order valence-electron chi connectivity index (χ4n) is 1.57. The van der Waals surface area contributed by atoms with E-state index in [1.807, 2.05) is 13.8 Å².